The first kappa shape index (κ1) is 15.5. The predicted molar refractivity (Wildman–Crippen MR) is 76.0 cm³/mol. The lowest BCUT2D eigenvalue weighted by atomic mass is 9.98. The molecule has 20 heavy (non-hydrogen) atoms. The first-order valence-corrected chi connectivity index (χ1v) is 8.69. The molecule has 1 aromatic rings. The fourth-order valence-corrected chi connectivity index (χ4v) is 3.66. The molecule has 0 atom stereocenters. The number of aryl methyl sites for hydroxylation is 1. The minimum Gasteiger partial charge on any atom is -0.378 e. The van der Waals surface area contributed by atoms with Crippen LogP contribution in [-0.2, 0) is 14.8 Å². The molecule has 1 aliphatic rings. The number of rotatable bonds is 7. The third kappa shape index (κ3) is 4.29. The molecule has 114 valence electrons. The molecule has 1 fully saturated rings. The van der Waals surface area contributed by atoms with E-state index in [9.17, 15) is 8.42 Å². The Morgan fingerprint density at radius 3 is 2.80 bits per heavy atom. The van der Waals surface area contributed by atoms with Crippen molar-refractivity contribution < 1.29 is 13.2 Å². The smallest absolute Gasteiger partial charge is 0.243 e. The van der Waals surface area contributed by atoms with E-state index in [0.717, 1.165) is 12.8 Å². The summed E-state index contributed by atoms with van der Waals surface area (Å²) in [6, 6.07) is 0. The number of sulfonamides is 1. The summed E-state index contributed by atoms with van der Waals surface area (Å²) in [6.45, 7) is 2.69. The van der Waals surface area contributed by atoms with Crippen molar-refractivity contribution in [3.8, 4) is 0 Å². The van der Waals surface area contributed by atoms with Crippen molar-refractivity contribution in [3.05, 3.63) is 11.9 Å². The Morgan fingerprint density at radius 1 is 1.40 bits per heavy atom. The number of aromatic nitrogens is 2. The van der Waals surface area contributed by atoms with Crippen molar-refractivity contribution >= 4 is 10.0 Å². The number of aromatic amines is 1. The monoisotopic (exact) mass is 301 g/mol. The molecular formula is C13H23N3O3S. The van der Waals surface area contributed by atoms with Gasteiger partial charge in [-0.3, -0.25) is 5.10 Å². The number of ether oxygens (including phenoxy) is 1. The molecule has 1 aliphatic carbocycles. The zero-order chi connectivity index (χ0) is 14.4. The summed E-state index contributed by atoms with van der Waals surface area (Å²) >= 11 is 0. The van der Waals surface area contributed by atoms with Crippen molar-refractivity contribution in [1.29, 1.82) is 0 Å². The van der Waals surface area contributed by atoms with E-state index in [2.05, 4.69) is 14.9 Å². The van der Waals surface area contributed by atoms with Gasteiger partial charge in [-0.25, -0.2) is 13.1 Å². The minimum atomic E-state index is -3.45. The van der Waals surface area contributed by atoms with Gasteiger partial charge in [-0.15, -0.1) is 0 Å². The summed E-state index contributed by atoms with van der Waals surface area (Å²) in [7, 11) is -3.45. The molecule has 1 aromatic heterocycles. The largest absolute Gasteiger partial charge is 0.378 e. The van der Waals surface area contributed by atoms with E-state index >= 15 is 0 Å². The lowest BCUT2D eigenvalue weighted by Gasteiger charge is -2.21. The highest BCUT2D eigenvalue weighted by Gasteiger charge is 2.18. The Balaban J connectivity index is 1.66. The first-order chi connectivity index (χ1) is 9.59. The van der Waals surface area contributed by atoms with Crippen molar-refractivity contribution in [1.82, 2.24) is 14.9 Å². The Morgan fingerprint density at radius 2 is 2.15 bits per heavy atom. The molecule has 2 N–H and O–H groups in total. The summed E-state index contributed by atoms with van der Waals surface area (Å²) in [6.07, 6.45) is 8.47. The molecule has 0 spiro atoms. The van der Waals surface area contributed by atoms with Crippen molar-refractivity contribution in [3.63, 3.8) is 0 Å². The molecule has 2 rings (SSSR count). The van der Waals surface area contributed by atoms with Crippen LogP contribution in [0.2, 0.25) is 0 Å². The molecule has 6 nitrogen and oxygen atoms in total. The van der Waals surface area contributed by atoms with Gasteiger partial charge in [0, 0.05) is 13.2 Å². The normalized spacial score (nSPS) is 17.4. The van der Waals surface area contributed by atoms with E-state index in [4.69, 9.17) is 4.74 Å². The van der Waals surface area contributed by atoms with E-state index < -0.39 is 10.0 Å². The van der Waals surface area contributed by atoms with Crippen LogP contribution in [0.15, 0.2) is 11.1 Å². The molecule has 0 aromatic carbocycles. The van der Waals surface area contributed by atoms with Gasteiger partial charge in [0.2, 0.25) is 10.0 Å². The molecule has 7 heteroatoms. The second-order valence-electron chi connectivity index (χ2n) is 5.24. The molecule has 0 saturated heterocycles. The van der Waals surface area contributed by atoms with E-state index in [1.54, 1.807) is 6.92 Å². The van der Waals surface area contributed by atoms with E-state index in [-0.39, 0.29) is 4.90 Å². The highest BCUT2D eigenvalue weighted by atomic mass is 32.2. The minimum absolute atomic E-state index is 0.214. The zero-order valence-corrected chi connectivity index (χ0v) is 12.7. The van der Waals surface area contributed by atoms with Gasteiger partial charge in [-0.05, 0) is 26.2 Å². The molecular weight excluding hydrogens is 278 g/mol. The van der Waals surface area contributed by atoms with Crippen LogP contribution in [0, 0.1) is 6.92 Å². The van der Waals surface area contributed by atoms with Gasteiger partial charge < -0.3 is 4.74 Å². The number of hydrogen-bond acceptors (Lipinski definition) is 4. The van der Waals surface area contributed by atoms with Gasteiger partial charge >= 0.3 is 0 Å². The molecule has 1 saturated carbocycles. The van der Waals surface area contributed by atoms with Gasteiger partial charge in [0.25, 0.3) is 0 Å². The van der Waals surface area contributed by atoms with E-state index in [1.807, 2.05) is 0 Å². The molecule has 0 radical (unpaired) electrons. The zero-order valence-electron chi connectivity index (χ0n) is 11.9. The summed E-state index contributed by atoms with van der Waals surface area (Å²) in [5.74, 6) is 0. The fraction of sp³-hybridized carbons (Fsp3) is 0.769. The average Bonchev–Trinajstić information content (AvgIpc) is 2.86. The Bertz CT molecular complexity index is 507. The van der Waals surface area contributed by atoms with Crippen molar-refractivity contribution in [2.75, 3.05) is 13.2 Å². The maximum atomic E-state index is 12.0. The maximum Gasteiger partial charge on any atom is 0.243 e. The molecule has 0 aliphatic heterocycles. The lowest BCUT2D eigenvalue weighted by molar-refractivity contribution is 0.0278. The third-order valence-corrected chi connectivity index (χ3v) is 5.17. The molecule has 0 bridgehead atoms. The maximum absolute atomic E-state index is 12.0. The summed E-state index contributed by atoms with van der Waals surface area (Å²) in [4.78, 5) is 0.214. The highest BCUT2D eigenvalue weighted by molar-refractivity contribution is 7.89. The topological polar surface area (TPSA) is 84.1 Å². The standard InChI is InChI=1S/C13H23N3O3S/c1-11-13(10-14-16-11)20(17,18)15-8-5-9-19-12-6-3-2-4-7-12/h10,12,15H,2-9H2,1H3,(H,14,16). The van der Waals surface area contributed by atoms with Gasteiger partial charge in [-0.1, -0.05) is 19.3 Å². The second-order valence-corrected chi connectivity index (χ2v) is 6.98. The van der Waals surface area contributed by atoms with Gasteiger partial charge in [0.15, 0.2) is 0 Å². The van der Waals surface area contributed by atoms with Crippen LogP contribution in [0.4, 0.5) is 0 Å². The average molecular weight is 301 g/mol. The quantitative estimate of drug-likeness (QED) is 0.751. The van der Waals surface area contributed by atoms with E-state index in [0.29, 0.717) is 31.4 Å². The molecule has 0 amide bonds. The van der Waals surface area contributed by atoms with Crippen LogP contribution < -0.4 is 4.72 Å². The number of hydrogen-bond donors (Lipinski definition) is 2. The highest BCUT2D eigenvalue weighted by Crippen LogP contribution is 2.20. The second kappa shape index (κ2) is 7.19. The van der Waals surface area contributed by atoms with Crippen LogP contribution in [0.5, 0.6) is 0 Å². The van der Waals surface area contributed by atoms with Gasteiger partial charge in [0.05, 0.1) is 18.0 Å². The van der Waals surface area contributed by atoms with Crippen molar-refractivity contribution in [2.45, 2.75) is 56.4 Å². The SMILES string of the molecule is Cc1[nH]ncc1S(=O)(=O)NCCCOC1CCCCC1. The summed E-state index contributed by atoms with van der Waals surface area (Å²) in [5, 5.41) is 6.35. The Labute approximate surface area is 120 Å². The van der Waals surface area contributed by atoms with Crippen molar-refractivity contribution in [2.24, 2.45) is 0 Å². The Kier molecular flexibility index (Phi) is 5.56. The number of nitrogens with one attached hydrogen (secondary N) is 2. The summed E-state index contributed by atoms with van der Waals surface area (Å²) in [5.41, 5.74) is 0.552. The van der Waals surface area contributed by atoms with Crippen LogP contribution >= 0.6 is 0 Å². The Hall–Kier alpha value is -0.920. The fourth-order valence-electron chi connectivity index (χ4n) is 2.45. The third-order valence-electron chi connectivity index (χ3n) is 3.59. The van der Waals surface area contributed by atoms with Crippen LogP contribution in [0.1, 0.15) is 44.2 Å². The van der Waals surface area contributed by atoms with Crippen LogP contribution in [0.25, 0.3) is 0 Å². The lowest BCUT2D eigenvalue weighted by Crippen LogP contribution is -2.26. The molecule has 0 unspecified atom stereocenters. The van der Waals surface area contributed by atoms with Crippen LogP contribution in [0.3, 0.4) is 0 Å². The van der Waals surface area contributed by atoms with Crippen LogP contribution in [-0.4, -0.2) is 37.9 Å². The summed E-state index contributed by atoms with van der Waals surface area (Å²) < 4.78 is 32.3. The molecule has 1 heterocycles. The van der Waals surface area contributed by atoms with Gasteiger partial charge in [-0.2, -0.15) is 5.10 Å². The first-order valence-electron chi connectivity index (χ1n) is 7.21. The van der Waals surface area contributed by atoms with Gasteiger partial charge in [0.1, 0.15) is 4.90 Å². The number of H-pyrrole nitrogens is 1. The van der Waals surface area contributed by atoms with E-state index in [1.165, 1.54) is 25.5 Å². The number of nitrogens with zero attached hydrogens (tertiary/aromatic N) is 1. The predicted octanol–water partition coefficient (Wildman–Crippen LogP) is 1.74.